The Kier molecular flexibility index (Phi) is 3.88. The van der Waals surface area contributed by atoms with Crippen LogP contribution in [0, 0.1) is 23.7 Å². The van der Waals surface area contributed by atoms with Crippen molar-refractivity contribution >= 4 is 17.6 Å². The number of esters is 1. The van der Waals surface area contributed by atoms with Gasteiger partial charge in [0, 0.05) is 11.6 Å². The van der Waals surface area contributed by atoms with Crippen molar-refractivity contribution in [3.63, 3.8) is 0 Å². The van der Waals surface area contributed by atoms with E-state index < -0.39 is 0 Å². The van der Waals surface area contributed by atoms with Crippen molar-refractivity contribution in [2.24, 2.45) is 23.7 Å². The molecule has 5 heteroatoms. The van der Waals surface area contributed by atoms with Crippen LogP contribution < -0.4 is 10.1 Å². The molecule has 1 heterocycles. The summed E-state index contributed by atoms with van der Waals surface area (Å²) in [6.45, 7) is 0.503. The second-order valence-electron chi connectivity index (χ2n) is 7.71. The fourth-order valence-corrected chi connectivity index (χ4v) is 4.96. The molecular formula is C22H21NO4. The zero-order valence-corrected chi connectivity index (χ0v) is 14.8. The van der Waals surface area contributed by atoms with Crippen LogP contribution in [-0.2, 0) is 20.9 Å². The molecule has 1 aliphatic heterocycles. The van der Waals surface area contributed by atoms with Crippen LogP contribution in [-0.4, -0.2) is 18.0 Å². The molecule has 0 unspecified atom stereocenters. The lowest BCUT2D eigenvalue weighted by molar-refractivity contribution is -0.145. The zero-order chi connectivity index (χ0) is 18.4. The number of benzene rings is 2. The smallest absolute Gasteiger partial charge is 0.310 e. The first-order valence-corrected chi connectivity index (χ1v) is 9.47. The molecule has 5 nitrogen and oxygen atoms in total. The van der Waals surface area contributed by atoms with Crippen molar-refractivity contribution in [2.75, 3.05) is 5.32 Å². The summed E-state index contributed by atoms with van der Waals surface area (Å²) < 4.78 is 11.2. The van der Waals surface area contributed by atoms with Gasteiger partial charge in [0.05, 0.1) is 11.8 Å². The maximum atomic E-state index is 12.8. The number of anilines is 1. The van der Waals surface area contributed by atoms with Gasteiger partial charge in [0.2, 0.25) is 5.91 Å². The Labute approximate surface area is 157 Å². The van der Waals surface area contributed by atoms with Gasteiger partial charge >= 0.3 is 5.97 Å². The molecule has 2 bridgehead atoms. The van der Waals surface area contributed by atoms with Crippen molar-refractivity contribution in [3.05, 3.63) is 60.2 Å². The standard InChI is InChI=1S/C22H21NO4/c24-21(19-14-10-17-18(11-14)27-22(25)20(17)19)23-15-6-8-16(9-7-15)26-12-13-4-2-1-3-5-13/h1-9,14,17-20H,10-12H2,(H,23,24)/t14-,17+,18-,19-,20+/m1/s1. The molecule has 3 fully saturated rings. The SMILES string of the molecule is O=C(Nc1ccc(OCc2ccccc2)cc1)[C@@H]1[C@@H]2C[C@@H]3[C@@H]1C(=O)O[C@@H]3C2. The highest BCUT2D eigenvalue weighted by Gasteiger charge is 2.63. The molecule has 1 amide bonds. The molecule has 5 atom stereocenters. The highest BCUT2D eigenvalue weighted by molar-refractivity contribution is 5.97. The third-order valence-electron chi connectivity index (χ3n) is 6.16. The van der Waals surface area contributed by atoms with E-state index in [0.717, 1.165) is 29.8 Å². The molecule has 1 N–H and O–H groups in total. The van der Waals surface area contributed by atoms with E-state index in [2.05, 4.69) is 5.32 Å². The van der Waals surface area contributed by atoms with Gasteiger partial charge in [-0.3, -0.25) is 9.59 Å². The number of carbonyl (C=O) groups is 2. The molecule has 0 spiro atoms. The molecule has 2 aromatic carbocycles. The lowest BCUT2D eigenvalue weighted by Gasteiger charge is -2.23. The van der Waals surface area contributed by atoms with Crippen LogP contribution in [0.4, 0.5) is 5.69 Å². The lowest BCUT2D eigenvalue weighted by atomic mass is 9.79. The average molecular weight is 363 g/mol. The summed E-state index contributed by atoms with van der Waals surface area (Å²) in [7, 11) is 0. The summed E-state index contributed by atoms with van der Waals surface area (Å²) in [4.78, 5) is 24.9. The summed E-state index contributed by atoms with van der Waals surface area (Å²) in [5, 5.41) is 2.97. The number of nitrogens with one attached hydrogen (secondary N) is 1. The topological polar surface area (TPSA) is 64.6 Å². The molecule has 3 aliphatic rings. The minimum Gasteiger partial charge on any atom is -0.489 e. The minimum atomic E-state index is -0.254. The Bertz CT molecular complexity index is 862. The van der Waals surface area contributed by atoms with E-state index in [9.17, 15) is 9.59 Å². The van der Waals surface area contributed by atoms with E-state index in [4.69, 9.17) is 9.47 Å². The van der Waals surface area contributed by atoms with Crippen molar-refractivity contribution in [2.45, 2.75) is 25.6 Å². The van der Waals surface area contributed by atoms with E-state index in [1.54, 1.807) is 0 Å². The van der Waals surface area contributed by atoms with Crippen LogP contribution in [0.1, 0.15) is 18.4 Å². The molecule has 0 aromatic heterocycles. The van der Waals surface area contributed by atoms with E-state index in [1.807, 2.05) is 54.6 Å². The first kappa shape index (κ1) is 16.4. The number of carbonyl (C=O) groups excluding carboxylic acids is 2. The Morgan fingerprint density at radius 1 is 1.07 bits per heavy atom. The van der Waals surface area contributed by atoms with E-state index in [-0.39, 0.29) is 41.7 Å². The second-order valence-corrected chi connectivity index (χ2v) is 7.71. The third kappa shape index (κ3) is 2.87. The number of rotatable bonds is 5. The molecule has 1 saturated heterocycles. The molecule has 27 heavy (non-hydrogen) atoms. The van der Waals surface area contributed by atoms with Crippen molar-refractivity contribution < 1.29 is 19.1 Å². The first-order chi connectivity index (χ1) is 13.2. The van der Waals surface area contributed by atoms with Gasteiger partial charge in [-0.2, -0.15) is 0 Å². The van der Waals surface area contributed by atoms with Crippen LogP contribution in [0.15, 0.2) is 54.6 Å². The Balaban J connectivity index is 1.21. The predicted octanol–water partition coefficient (Wildman–Crippen LogP) is 3.40. The molecule has 2 saturated carbocycles. The predicted molar refractivity (Wildman–Crippen MR) is 98.9 cm³/mol. The summed E-state index contributed by atoms with van der Waals surface area (Å²) in [6, 6.07) is 17.3. The molecule has 138 valence electrons. The Morgan fingerprint density at radius 2 is 1.85 bits per heavy atom. The van der Waals surface area contributed by atoms with Crippen molar-refractivity contribution in [1.29, 1.82) is 0 Å². The second kappa shape index (κ2) is 6.41. The third-order valence-corrected chi connectivity index (χ3v) is 6.16. The molecular weight excluding hydrogens is 342 g/mol. The molecule has 2 aliphatic carbocycles. The normalized spacial score (nSPS) is 30.2. The number of hydrogen-bond donors (Lipinski definition) is 1. The quantitative estimate of drug-likeness (QED) is 0.827. The van der Waals surface area contributed by atoms with Crippen LogP contribution in [0.3, 0.4) is 0 Å². The monoisotopic (exact) mass is 363 g/mol. The highest BCUT2D eigenvalue weighted by Crippen LogP contribution is 2.57. The summed E-state index contributed by atoms with van der Waals surface area (Å²) in [5.74, 6) is 0.506. The van der Waals surface area contributed by atoms with Gasteiger partial charge in [0.1, 0.15) is 18.5 Å². The average Bonchev–Trinajstić information content (AvgIpc) is 3.31. The Hall–Kier alpha value is -2.82. The molecule has 2 aromatic rings. The van der Waals surface area contributed by atoms with Gasteiger partial charge in [0.15, 0.2) is 0 Å². The van der Waals surface area contributed by atoms with Crippen molar-refractivity contribution in [1.82, 2.24) is 0 Å². The number of hydrogen-bond acceptors (Lipinski definition) is 4. The van der Waals surface area contributed by atoms with E-state index in [1.165, 1.54) is 0 Å². The van der Waals surface area contributed by atoms with Gasteiger partial charge in [-0.1, -0.05) is 30.3 Å². The summed E-state index contributed by atoms with van der Waals surface area (Å²) >= 11 is 0. The maximum absolute atomic E-state index is 12.8. The summed E-state index contributed by atoms with van der Waals surface area (Å²) in [6.07, 6.45) is 1.82. The largest absolute Gasteiger partial charge is 0.489 e. The van der Waals surface area contributed by atoms with Crippen LogP contribution in [0.5, 0.6) is 5.75 Å². The fourth-order valence-electron chi connectivity index (χ4n) is 4.96. The van der Waals surface area contributed by atoms with Crippen LogP contribution in [0.2, 0.25) is 0 Å². The minimum absolute atomic E-state index is 0.0533. The zero-order valence-electron chi connectivity index (χ0n) is 14.8. The van der Waals surface area contributed by atoms with E-state index >= 15 is 0 Å². The van der Waals surface area contributed by atoms with Crippen LogP contribution in [0.25, 0.3) is 0 Å². The summed E-state index contributed by atoms with van der Waals surface area (Å²) in [5.41, 5.74) is 1.82. The van der Waals surface area contributed by atoms with Gasteiger partial charge in [0.25, 0.3) is 0 Å². The van der Waals surface area contributed by atoms with Gasteiger partial charge in [-0.05, 0) is 48.6 Å². The Morgan fingerprint density at radius 3 is 2.63 bits per heavy atom. The highest BCUT2D eigenvalue weighted by atomic mass is 16.6. The van der Waals surface area contributed by atoms with Crippen LogP contribution >= 0.6 is 0 Å². The number of amides is 1. The lowest BCUT2D eigenvalue weighted by Crippen LogP contribution is -2.35. The fraction of sp³-hybridized carbons (Fsp3) is 0.364. The van der Waals surface area contributed by atoms with E-state index in [0.29, 0.717) is 6.61 Å². The maximum Gasteiger partial charge on any atom is 0.310 e. The van der Waals surface area contributed by atoms with Crippen molar-refractivity contribution in [3.8, 4) is 5.75 Å². The first-order valence-electron chi connectivity index (χ1n) is 9.47. The number of fused-ring (bicyclic) bond motifs is 1. The van der Waals surface area contributed by atoms with Gasteiger partial charge in [-0.15, -0.1) is 0 Å². The number of ether oxygens (including phenoxy) is 2. The van der Waals surface area contributed by atoms with Gasteiger partial charge in [-0.25, -0.2) is 0 Å². The molecule has 0 radical (unpaired) electrons. The molecule has 5 rings (SSSR count). The van der Waals surface area contributed by atoms with Gasteiger partial charge < -0.3 is 14.8 Å².